The number of aryl methyl sites for hydroxylation is 1. The molecule has 2 N–H and O–H groups in total. The van der Waals surface area contributed by atoms with E-state index in [2.05, 4.69) is 20.5 Å². The Hall–Kier alpha value is -2.41. The van der Waals surface area contributed by atoms with Gasteiger partial charge in [0.15, 0.2) is 0 Å². The van der Waals surface area contributed by atoms with Crippen molar-refractivity contribution in [2.24, 2.45) is 0 Å². The highest BCUT2D eigenvalue weighted by atomic mass is 32.1. The first-order valence-corrected chi connectivity index (χ1v) is 7.52. The average Bonchev–Trinajstić information content (AvgIpc) is 3.23. The molecule has 0 saturated heterocycles. The SMILES string of the molecule is CCn1cncc1CNC(=O)c1cn[nH]c1-c1cccs1. The van der Waals surface area contributed by atoms with E-state index in [1.54, 1.807) is 30.1 Å². The van der Waals surface area contributed by atoms with Crippen LogP contribution in [0.2, 0.25) is 0 Å². The van der Waals surface area contributed by atoms with E-state index >= 15 is 0 Å². The zero-order valence-electron chi connectivity index (χ0n) is 11.5. The van der Waals surface area contributed by atoms with E-state index in [-0.39, 0.29) is 5.91 Å². The largest absolute Gasteiger partial charge is 0.346 e. The molecule has 0 aliphatic rings. The molecular formula is C14H15N5OS. The van der Waals surface area contributed by atoms with Crippen LogP contribution in [-0.4, -0.2) is 25.7 Å². The smallest absolute Gasteiger partial charge is 0.255 e. The van der Waals surface area contributed by atoms with E-state index in [0.29, 0.717) is 12.1 Å². The third-order valence-electron chi connectivity index (χ3n) is 3.22. The second-order valence-corrected chi connectivity index (χ2v) is 5.44. The number of hydrogen-bond donors (Lipinski definition) is 2. The zero-order chi connectivity index (χ0) is 14.7. The van der Waals surface area contributed by atoms with Crippen molar-refractivity contribution in [2.45, 2.75) is 20.0 Å². The number of imidazole rings is 1. The van der Waals surface area contributed by atoms with Crippen LogP contribution in [0, 0.1) is 0 Å². The van der Waals surface area contributed by atoms with Crippen LogP contribution in [0.1, 0.15) is 23.0 Å². The first kappa shape index (κ1) is 13.6. The summed E-state index contributed by atoms with van der Waals surface area (Å²) in [7, 11) is 0. The van der Waals surface area contributed by atoms with Crippen LogP contribution >= 0.6 is 11.3 Å². The summed E-state index contributed by atoms with van der Waals surface area (Å²) >= 11 is 1.57. The van der Waals surface area contributed by atoms with Crippen molar-refractivity contribution in [3.63, 3.8) is 0 Å². The third-order valence-corrected chi connectivity index (χ3v) is 4.11. The van der Waals surface area contributed by atoms with Gasteiger partial charge in [0.25, 0.3) is 5.91 Å². The second kappa shape index (κ2) is 5.92. The molecule has 0 saturated carbocycles. The van der Waals surface area contributed by atoms with Gasteiger partial charge in [-0.2, -0.15) is 5.10 Å². The predicted octanol–water partition coefficient (Wildman–Crippen LogP) is 2.28. The van der Waals surface area contributed by atoms with Gasteiger partial charge in [0.2, 0.25) is 0 Å². The number of aromatic amines is 1. The Bertz CT molecular complexity index is 728. The molecule has 3 heterocycles. The molecule has 3 aromatic heterocycles. The molecule has 0 radical (unpaired) electrons. The fraction of sp³-hybridized carbons (Fsp3) is 0.214. The number of carbonyl (C=O) groups is 1. The van der Waals surface area contributed by atoms with Gasteiger partial charge in [-0.3, -0.25) is 9.89 Å². The van der Waals surface area contributed by atoms with Crippen molar-refractivity contribution in [1.29, 1.82) is 0 Å². The molecule has 0 spiro atoms. The highest BCUT2D eigenvalue weighted by molar-refractivity contribution is 7.13. The van der Waals surface area contributed by atoms with Crippen LogP contribution in [-0.2, 0) is 13.1 Å². The number of aromatic nitrogens is 4. The Morgan fingerprint density at radius 3 is 3.14 bits per heavy atom. The topological polar surface area (TPSA) is 75.6 Å². The Morgan fingerprint density at radius 1 is 1.48 bits per heavy atom. The number of thiophene rings is 1. The van der Waals surface area contributed by atoms with Crippen LogP contribution in [0.5, 0.6) is 0 Å². The molecule has 0 bridgehead atoms. The van der Waals surface area contributed by atoms with Gasteiger partial charge >= 0.3 is 0 Å². The summed E-state index contributed by atoms with van der Waals surface area (Å²) in [5.41, 5.74) is 2.29. The summed E-state index contributed by atoms with van der Waals surface area (Å²) in [5, 5.41) is 11.7. The monoisotopic (exact) mass is 301 g/mol. The van der Waals surface area contributed by atoms with Crippen molar-refractivity contribution in [3.8, 4) is 10.6 Å². The summed E-state index contributed by atoms with van der Waals surface area (Å²) in [6, 6.07) is 3.91. The Morgan fingerprint density at radius 2 is 2.38 bits per heavy atom. The van der Waals surface area contributed by atoms with Crippen molar-refractivity contribution in [2.75, 3.05) is 0 Å². The van der Waals surface area contributed by atoms with Crippen LogP contribution in [0.4, 0.5) is 0 Å². The average molecular weight is 301 g/mol. The number of carbonyl (C=O) groups excluding carboxylic acids is 1. The maximum atomic E-state index is 12.3. The summed E-state index contributed by atoms with van der Waals surface area (Å²) in [6.45, 7) is 3.32. The minimum Gasteiger partial charge on any atom is -0.346 e. The summed E-state index contributed by atoms with van der Waals surface area (Å²) in [6.07, 6.45) is 5.08. The van der Waals surface area contributed by atoms with Crippen LogP contribution in [0.15, 0.2) is 36.2 Å². The van der Waals surface area contributed by atoms with E-state index in [1.807, 2.05) is 29.0 Å². The first-order chi connectivity index (χ1) is 10.3. The molecule has 1 amide bonds. The van der Waals surface area contributed by atoms with E-state index in [9.17, 15) is 4.79 Å². The summed E-state index contributed by atoms with van der Waals surface area (Å²) in [4.78, 5) is 17.4. The normalized spacial score (nSPS) is 10.7. The van der Waals surface area contributed by atoms with E-state index in [4.69, 9.17) is 0 Å². The molecular weight excluding hydrogens is 286 g/mol. The van der Waals surface area contributed by atoms with Gasteiger partial charge in [0, 0.05) is 12.7 Å². The molecule has 0 aliphatic heterocycles. The standard InChI is InChI=1S/C14H15N5OS/c1-2-19-9-15-6-10(19)7-16-14(20)11-8-17-18-13(11)12-4-3-5-21-12/h3-6,8-9H,2,7H2,1H3,(H,16,20)(H,17,18). The van der Waals surface area contributed by atoms with Gasteiger partial charge in [0.05, 0.1) is 40.9 Å². The number of rotatable bonds is 5. The quantitative estimate of drug-likeness (QED) is 0.759. The van der Waals surface area contributed by atoms with Crippen molar-refractivity contribution in [1.82, 2.24) is 25.1 Å². The Labute approximate surface area is 125 Å². The Kier molecular flexibility index (Phi) is 3.83. The molecule has 6 nitrogen and oxygen atoms in total. The number of nitrogens with zero attached hydrogens (tertiary/aromatic N) is 3. The molecule has 0 aliphatic carbocycles. The van der Waals surface area contributed by atoms with Crippen molar-refractivity contribution >= 4 is 17.2 Å². The van der Waals surface area contributed by atoms with Crippen LogP contribution < -0.4 is 5.32 Å². The first-order valence-electron chi connectivity index (χ1n) is 6.64. The van der Waals surface area contributed by atoms with Gasteiger partial charge in [-0.15, -0.1) is 11.3 Å². The van der Waals surface area contributed by atoms with Gasteiger partial charge in [0.1, 0.15) is 0 Å². The van der Waals surface area contributed by atoms with Crippen LogP contribution in [0.25, 0.3) is 10.6 Å². The van der Waals surface area contributed by atoms with E-state index in [0.717, 1.165) is 22.8 Å². The van der Waals surface area contributed by atoms with Gasteiger partial charge in [-0.1, -0.05) is 6.07 Å². The summed E-state index contributed by atoms with van der Waals surface area (Å²) < 4.78 is 2.00. The lowest BCUT2D eigenvalue weighted by atomic mass is 10.2. The number of hydrogen-bond acceptors (Lipinski definition) is 4. The van der Waals surface area contributed by atoms with E-state index < -0.39 is 0 Å². The molecule has 3 aromatic rings. The molecule has 0 unspecified atom stereocenters. The molecule has 108 valence electrons. The van der Waals surface area contributed by atoms with Gasteiger partial charge in [-0.05, 0) is 18.4 Å². The minimum atomic E-state index is -0.143. The lowest BCUT2D eigenvalue weighted by Crippen LogP contribution is -2.24. The number of nitrogens with one attached hydrogen (secondary N) is 2. The minimum absolute atomic E-state index is 0.143. The van der Waals surface area contributed by atoms with Crippen molar-refractivity contribution in [3.05, 3.63) is 47.5 Å². The fourth-order valence-electron chi connectivity index (χ4n) is 2.11. The molecule has 7 heteroatoms. The molecule has 0 atom stereocenters. The van der Waals surface area contributed by atoms with E-state index in [1.165, 1.54) is 0 Å². The van der Waals surface area contributed by atoms with Crippen molar-refractivity contribution < 1.29 is 4.79 Å². The lowest BCUT2D eigenvalue weighted by Gasteiger charge is -2.07. The van der Waals surface area contributed by atoms with Gasteiger partial charge in [-0.25, -0.2) is 4.98 Å². The number of H-pyrrole nitrogens is 1. The molecule has 3 rings (SSSR count). The zero-order valence-corrected chi connectivity index (χ0v) is 12.4. The fourth-order valence-corrected chi connectivity index (χ4v) is 2.85. The maximum Gasteiger partial charge on any atom is 0.255 e. The lowest BCUT2D eigenvalue weighted by molar-refractivity contribution is 0.0951. The molecule has 0 aromatic carbocycles. The van der Waals surface area contributed by atoms with Crippen LogP contribution in [0.3, 0.4) is 0 Å². The maximum absolute atomic E-state index is 12.3. The second-order valence-electron chi connectivity index (χ2n) is 4.49. The third kappa shape index (κ3) is 2.73. The number of amides is 1. The van der Waals surface area contributed by atoms with Gasteiger partial charge < -0.3 is 9.88 Å². The predicted molar refractivity (Wildman–Crippen MR) is 81.0 cm³/mol. The highest BCUT2D eigenvalue weighted by Crippen LogP contribution is 2.25. The highest BCUT2D eigenvalue weighted by Gasteiger charge is 2.16. The summed E-state index contributed by atoms with van der Waals surface area (Å²) in [5.74, 6) is -0.143. The Balaban J connectivity index is 1.73. The molecule has 0 fully saturated rings. The molecule has 21 heavy (non-hydrogen) atoms.